The highest BCUT2D eigenvalue weighted by molar-refractivity contribution is 5.76. The van der Waals surface area contributed by atoms with Gasteiger partial charge in [0.25, 0.3) is 0 Å². The van der Waals surface area contributed by atoms with Crippen LogP contribution in [0, 0.1) is 17.8 Å². The Morgan fingerprint density at radius 3 is 2.68 bits per heavy atom. The highest BCUT2D eigenvalue weighted by Crippen LogP contribution is 2.48. The second kappa shape index (κ2) is 10.6. The van der Waals surface area contributed by atoms with Gasteiger partial charge in [-0.3, -0.25) is 4.79 Å². The number of carbonyl (C=O) groups excluding carboxylic acids is 1. The van der Waals surface area contributed by atoms with Crippen molar-refractivity contribution >= 4 is 5.91 Å². The van der Waals surface area contributed by atoms with Gasteiger partial charge in [0, 0.05) is 25.4 Å². The number of rotatable bonds is 8. The molecule has 3 aliphatic rings. The monoisotopic (exact) mass is 423 g/mol. The van der Waals surface area contributed by atoms with Crippen molar-refractivity contribution in [2.45, 2.75) is 70.0 Å². The van der Waals surface area contributed by atoms with Crippen molar-refractivity contribution in [2.24, 2.45) is 17.8 Å². The molecule has 4 rings (SSSR count). The van der Waals surface area contributed by atoms with Crippen LogP contribution in [0.3, 0.4) is 0 Å². The summed E-state index contributed by atoms with van der Waals surface area (Å²) in [6.07, 6.45) is 14.5. The van der Waals surface area contributed by atoms with Crippen molar-refractivity contribution in [1.29, 1.82) is 0 Å². The first kappa shape index (κ1) is 22.3. The Bertz CT molecular complexity index is 781. The van der Waals surface area contributed by atoms with E-state index < -0.39 is 6.10 Å². The minimum atomic E-state index is -0.626. The molecule has 2 N–H and O–H groups in total. The maximum absolute atomic E-state index is 12.3. The van der Waals surface area contributed by atoms with E-state index in [2.05, 4.69) is 6.08 Å². The first-order valence-electron chi connectivity index (χ1n) is 12.2. The standard InChI is InChI=1S/C27H37NO3/c29-25(21-10-3-1-4-11-21)14-13-23-24-18-20(17-22(24)19-26(23)30)9-5-6-12-27(31)28-15-7-2-8-16-28/h1,3-4,10-11,13-14,17,22-26,29-30H,2,5-9,12,15-16,18-19H2/b14-13+/t22-,23+,24-,25+,26+/m0/s1. The molecule has 1 amide bonds. The van der Waals surface area contributed by atoms with Crippen molar-refractivity contribution in [3.8, 4) is 0 Å². The van der Waals surface area contributed by atoms with Crippen LogP contribution in [0.1, 0.15) is 69.5 Å². The summed E-state index contributed by atoms with van der Waals surface area (Å²) in [4.78, 5) is 14.4. The molecule has 0 radical (unpaired) electrons. The summed E-state index contributed by atoms with van der Waals surface area (Å²) in [5, 5.41) is 21.0. The van der Waals surface area contributed by atoms with Gasteiger partial charge in [-0.1, -0.05) is 54.1 Å². The van der Waals surface area contributed by atoms with Crippen LogP contribution in [0.15, 0.2) is 54.1 Å². The zero-order chi connectivity index (χ0) is 21.6. The largest absolute Gasteiger partial charge is 0.392 e. The fraction of sp³-hybridized carbons (Fsp3) is 0.593. The van der Waals surface area contributed by atoms with Crippen LogP contribution >= 0.6 is 0 Å². The van der Waals surface area contributed by atoms with Gasteiger partial charge >= 0.3 is 0 Å². The summed E-state index contributed by atoms with van der Waals surface area (Å²) in [5.41, 5.74) is 2.38. The number of amides is 1. The second-order valence-electron chi connectivity index (χ2n) is 9.63. The van der Waals surface area contributed by atoms with Gasteiger partial charge in [0.1, 0.15) is 0 Å². The summed E-state index contributed by atoms with van der Waals surface area (Å²) in [5.74, 6) is 1.34. The molecule has 4 nitrogen and oxygen atoms in total. The number of aliphatic hydroxyl groups excluding tert-OH is 2. The van der Waals surface area contributed by atoms with Gasteiger partial charge < -0.3 is 15.1 Å². The number of allylic oxidation sites excluding steroid dienone is 2. The van der Waals surface area contributed by atoms with E-state index in [0.29, 0.717) is 24.2 Å². The molecule has 31 heavy (non-hydrogen) atoms. The topological polar surface area (TPSA) is 60.8 Å². The summed E-state index contributed by atoms with van der Waals surface area (Å²) in [7, 11) is 0. The second-order valence-corrected chi connectivity index (χ2v) is 9.63. The molecule has 0 bridgehead atoms. The van der Waals surface area contributed by atoms with Crippen molar-refractivity contribution in [3.05, 3.63) is 59.7 Å². The Labute approximate surface area is 186 Å². The summed E-state index contributed by atoms with van der Waals surface area (Å²) < 4.78 is 0. The SMILES string of the molecule is O=C(CCCCC1=C[C@H]2C[C@@H](O)[C@H](/C=C/[C@@H](O)c3ccccc3)[C@H]2C1)N1CCCCC1. The van der Waals surface area contributed by atoms with Gasteiger partial charge in [0.15, 0.2) is 0 Å². The van der Waals surface area contributed by atoms with Crippen LogP contribution in [0.5, 0.6) is 0 Å². The van der Waals surface area contributed by atoms with E-state index in [-0.39, 0.29) is 12.0 Å². The van der Waals surface area contributed by atoms with Gasteiger partial charge in [-0.2, -0.15) is 0 Å². The van der Waals surface area contributed by atoms with Gasteiger partial charge in [-0.15, -0.1) is 0 Å². The number of likely N-dealkylation sites (tertiary alicyclic amines) is 1. The number of hydrogen-bond acceptors (Lipinski definition) is 3. The van der Waals surface area contributed by atoms with Crippen molar-refractivity contribution in [1.82, 2.24) is 4.90 Å². The number of aliphatic hydroxyl groups is 2. The lowest BCUT2D eigenvalue weighted by Gasteiger charge is -2.26. The third-order valence-corrected chi connectivity index (χ3v) is 7.45. The maximum Gasteiger partial charge on any atom is 0.222 e. The smallest absolute Gasteiger partial charge is 0.222 e. The van der Waals surface area contributed by atoms with Crippen LogP contribution in [0.4, 0.5) is 0 Å². The number of hydrogen-bond donors (Lipinski definition) is 2. The Kier molecular flexibility index (Phi) is 7.62. The molecule has 1 saturated carbocycles. The normalized spacial score (nSPS) is 29.2. The van der Waals surface area contributed by atoms with Crippen LogP contribution in [0.2, 0.25) is 0 Å². The Morgan fingerprint density at radius 2 is 1.90 bits per heavy atom. The number of nitrogens with zero attached hydrogens (tertiary/aromatic N) is 1. The van der Waals surface area contributed by atoms with Crippen molar-refractivity contribution in [3.63, 3.8) is 0 Å². The summed E-state index contributed by atoms with van der Waals surface area (Å²) >= 11 is 0. The number of carbonyl (C=O) groups is 1. The van der Waals surface area contributed by atoms with Crippen molar-refractivity contribution in [2.75, 3.05) is 13.1 Å². The van der Waals surface area contributed by atoms with E-state index in [1.807, 2.05) is 47.4 Å². The first-order chi connectivity index (χ1) is 15.1. The van der Waals surface area contributed by atoms with Crippen LogP contribution in [0.25, 0.3) is 0 Å². The van der Waals surface area contributed by atoms with E-state index >= 15 is 0 Å². The Morgan fingerprint density at radius 1 is 1.13 bits per heavy atom. The molecule has 1 aromatic carbocycles. The first-order valence-corrected chi connectivity index (χ1v) is 12.2. The van der Waals surface area contributed by atoms with Gasteiger partial charge in [-0.25, -0.2) is 0 Å². The minimum absolute atomic E-state index is 0.109. The predicted molar refractivity (Wildman–Crippen MR) is 123 cm³/mol. The predicted octanol–water partition coefficient (Wildman–Crippen LogP) is 4.79. The van der Waals surface area contributed by atoms with Gasteiger partial charge in [0.05, 0.1) is 12.2 Å². The van der Waals surface area contributed by atoms with Crippen LogP contribution in [-0.2, 0) is 4.79 Å². The van der Waals surface area contributed by atoms with Gasteiger partial charge in [0.2, 0.25) is 5.91 Å². The molecule has 1 saturated heterocycles. The zero-order valence-corrected chi connectivity index (χ0v) is 18.5. The molecule has 4 heteroatoms. The fourth-order valence-corrected chi connectivity index (χ4v) is 5.72. The number of unbranched alkanes of at least 4 members (excludes halogenated alkanes) is 1. The molecule has 0 aromatic heterocycles. The number of fused-ring (bicyclic) bond motifs is 1. The minimum Gasteiger partial charge on any atom is -0.392 e. The Hall–Kier alpha value is -1.91. The maximum atomic E-state index is 12.3. The average Bonchev–Trinajstić information content (AvgIpc) is 3.32. The van der Waals surface area contributed by atoms with Gasteiger partial charge in [-0.05, 0) is 68.8 Å². The molecule has 168 valence electrons. The fourth-order valence-electron chi connectivity index (χ4n) is 5.72. The molecular weight excluding hydrogens is 386 g/mol. The average molecular weight is 424 g/mol. The van der Waals surface area contributed by atoms with E-state index in [9.17, 15) is 15.0 Å². The number of benzene rings is 1. The van der Waals surface area contributed by atoms with E-state index in [1.165, 1.54) is 12.0 Å². The summed E-state index contributed by atoms with van der Waals surface area (Å²) in [6.45, 7) is 1.90. The Balaban J connectivity index is 1.22. The quantitative estimate of drug-likeness (QED) is 0.467. The van der Waals surface area contributed by atoms with Crippen molar-refractivity contribution < 1.29 is 15.0 Å². The molecule has 0 spiro atoms. The molecule has 5 atom stereocenters. The lowest BCUT2D eigenvalue weighted by Crippen LogP contribution is -2.35. The molecule has 1 heterocycles. The molecule has 2 fully saturated rings. The molecule has 1 aromatic rings. The zero-order valence-electron chi connectivity index (χ0n) is 18.5. The van der Waals surface area contributed by atoms with E-state index in [1.54, 1.807) is 0 Å². The molecule has 0 unspecified atom stereocenters. The molecule has 2 aliphatic carbocycles. The molecular formula is C27H37NO3. The lowest BCUT2D eigenvalue weighted by atomic mass is 9.88. The van der Waals surface area contributed by atoms with E-state index in [0.717, 1.165) is 63.6 Å². The third kappa shape index (κ3) is 5.67. The van der Waals surface area contributed by atoms with Crippen LogP contribution in [-0.4, -0.2) is 40.2 Å². The summed E-state index contributed by atoms with van der Waals surface area (Å²) in [6, 6.07) is 9.66. The van der Waals surface area contributed by atoms with E-state index in [4.69, 9.17) is 0 Å². The highest BCUT2D eigenvalue weighted by atomic mass is 16.3. The lowest BCUT2D eigenvalue weighted by molar-refractivity contribution is -0.132. The van der Waals surface area contributed by atoms with Crippen LogP contribution < -0.4 is 0 Å². The molecule has 1 aliphatic heterocycles. The number of piperidine rings is 1. The third-order valence-electron chi connectivity index (χ3n) is 7.45. The highest BCUT2D eigenvalue weighted by Gasteiger charge is 2.43.